The van der Waals surface area contributed by atoms with Crippen molar-refractivity contribution in [2.75, 3.05) is 19.6 Å². The molecule has 1 spiro atoms. The smallest absolute Gasteiger partial charge is 0.0722 e. The third kappa shape index (κ3) is 8.70. The molecule has 2 unspecified atom stereocenters. The van der Waals surface area contributed by atoms with Crippen LogP contribution in [0, 0.1) is 5.92 Å². The quantitative estimate of drug-likeness (QED) is 0.121. The van der Waals surface area contributed by atoms with Crippen LogP contribution in [0.1, 0.15) is 60.1 Å². The largest absolute Gasteiger partial charge is 0.358 e. The molecule has 81 heavy (non-hydrogen) atoms. The summed E-state index contributed by atoms with van der Waals surface area (Å²) in [5.74, 6) is 0.289. The third-order valence-electron chi connectivity index (χ3n) is 17.4. The maximum absolute atomic E-state index is 2.78. The average Bonchev–Trinajstić information content (AvgIpc) is 1.90. The fourth-order valence-corrected chi connectivity index (χ4v) is 13.7. The molecule has 2 atom stereocenters. The van der Waals surface area contributed by atoms with Gasteiger partial charge in [0.05, 0.1) is 11.5 Å². The Balaban J connectivity index is 1.10. The molecule has 0 aliphatic heterocycles. The zero-order chi connectivity index (χ0) is 54.3. The molecule has 0 aromatic heterocycles. The van der Waals surface area contributed by atoms with Gasteiger partial charge in [0.1, 0.15) is 0 Å². The predicted octanol–water partition coefficient (Wildman–Crippen LogP) is 20.0. The molecular weight excluding hydrogens is 981 g/mol. The van der Waals surface area contributed by atoms with E-state index in [4.69, 9.17) is 0 Å². The Morgan fingerprint density at radius 2 is 0.667 bits per heavy atom. The fraction of sp³-hybridized carbons (Fsp3) is 0.117. The first kappa shape index (κ1) is 49.6. The Bertz CT molecular complexity index is 3750. The summed E-state index contributed by atoms with van der Waals surface area (Å²) in [6.07, 6.45) is 21.1. The highest BCUT2D eigenvalue weighted by molar-refractivity contribution is 5.93. The second-order valence-corrected chi connectivity index (χ2v) is 22.3. The average molecular weight is 1050 g/mol. The fourth-order valence-electron chi connectivity index (χ4n) is 13.7. The van der Waals surface area contributed by atoms with Crippen LogP contribution in [-0.4, -0.2) is 11.6 Å². The van der Waals surface area contributed by atoms with Crippen molar-refractivity contribution in [3.63, 3.8) is 0 Å². The highest BCUT2D eigenvalue weighted by Crippen LogP contribution is 2.62. The van der Waals surface area contributed by atoms with Gasteiger partial charge < -0.3 is 19.6 Å². The molecule has 0 heterocycles. The molecule has 0 amide bonds. The predicted molar refractivity (Wildman–Crippen MR) is 340 cm³/mol. The summed E-state index contributed by atoms with van der Waals surface area (Å²) in [6, 6.07) is 94.9. The van der Waals surface area contributed by atoms with Gasteiger partial charge in [0.2, 0.25) is 0 Å². The Kier molecular flexibility index (Phi) is 12.8. The van der Waals surface area contributed by atoms with Gasteiger partial charge in [0.25, 0.3) is 0 Å². The number of allylic oxidation sites excluding steroid dienone is 4. The van der Waals surface area contributed by atoms with E-state index >= 15 is 0 Å². The van der Waals surface area contributed by atoms with Gasteiger partial charge in [0.15, 0.2) is 0 Å². The molecule has 0 radical (unpaired) electrons. The minimum atomic E-state index is -0.813. The van der Waals surface area contributed by atoms with E-state index in [0.29, 0.717) is 0 Å². The van der Waals surface area contributed by atoms with Crippen molar-refractivity contribution in [3.05, 3.63) is 337 Å². The summed E-state index contributed by atoms with van der Waals surface area (Å²) in [5, 5.41) is 0. The molecular formula is C77H64N4. The van der Waals surface area contributed by atoms with Gasteiger partial charge in [-0.3, -0.25) is 0 Å². The van der Waals surface area contributed by atoms with E-state index in [9.17, 15) is 0 Å². The minimum absolute atomic E-state index is 0.134. The van der Waals surface area contributed by atoms with E-state index in [2.05, 4.69) is 337 Å². The van der Waals surface area contributed by atoms with Gasteiger partial charge in [-0.2, -0.15) is 0 Å². The lowest BCUT2D eigenvalue weighted by atomic mass is 9.61. The monoisotopic (exact) mass is 1040 g/mol. The van der Waals surface area contributed by atoms with Crippen LogP contribution in [0.3, 0.4) is 0 Å². The second-order valence-electron chi connectivity index (χ2n) is 22.3. The molecule has 4 aliphatic carbocycles. The summed E-state index contributed by atoms with van der Waals surface area (Å²) < 4.78 is 0. The standard InChI is InChI=1S/C77H64N4/c1-56-27-23-24-40-75(56)81(76(2)49-25-3-4-26-50-76)68-46-48-70-69-47-45-67(80(63-36-19-9-20-37-63)64-38-21-10-22-39-64)54-73(69)77(74(70)55-68)71-52-65(78(59-28-11-5-12-29-59)60-30-13-6-14-31-60)43-41-57(71)51-58-42-44-66(53-72(58)77)79(61-32-15-7-16-33-61)62-34-17-8-18-35-62/h3-48,52-56,75H,49-51H2,1-2H3. The van der Waals surface area contributed by atoms with E-state index in [-0.39, 0.29) is 17.5 Å². The number of hydrogen-bond donors (Lipinski definition) is 0. The summed E-state index contributed by atoms with van der Waals surface area (Å²) in [6.45, 7) is 4.86. The van der Waals surface area contributed by atoms with Crippen molar-refractivity contribution in [2.24, 2.45) is 5.92 Å². The Hall–Kier alpha value is -9.64. The highest BCUT2D eigenvalue weighted by Gasteiger charge is 2.52. The molecule has 0 N–H and O–H groups in total. The second kappa shape index (κ2) is 20.9. The molecule has 0 saturated carbocycles. The molecule has 4 aliphatic rings. The topological polar surface area (TPSA) is 13.0 Å². The van der Waals surface area contributed by atoms with Crippen molar-refractivity contribution < 1.29 is 0 Å². The van der Waals surface area contributed by atoms with E-state index in [1.807, 2.05) is 0 Å². The first-order valence-electron chi connectivity index (χ1n) is 28.7. The molecule has 10 aromatic rings. The first-order valence-corrected chi connectivity index (χ1v) is 28.7. The van der Waals surface area contributed by atoms with Crippen LogP contribution in [0.4, 0.5) is 56.9 Å². The van der Waals surface area contributed by atoms with Crippen molar-refractivity contribution in [2.45, 2.75) is 50.1 Å². The van der Waals surface area contributed by atoms with Crippen LogP contribution in [0.2, 0.25) is 0 Å². The van der Waals surface area contributed by atoms with Crippen LogP contribution in [0.15, 0.2) is 303 Å². The lowest BCUT2D eigenvalue weighted by Gasteiger charge is -2.49. The van der Waals surface area contributed by atoms with Crippen LogP contribution in [-0.2, 0) is 11.8 Å². The number of nitrogens with zero attached hydrogens (tertiary/aromatic N) is 4. The number of para-hydroxylation sites is 6. The summed E-state index contributed by atoms with van der Waals surface area (Å²) in [7, 11) is 0. The van der Waals surface area contributed by atoms with Gasteiger partial charge in [-0.05, 0) is 198 Å². The van der Waals surface area contributed by atoms with E-state index in [1.54, 1.807) is 0 Å². The van der Waals surface area contributed by atoms with Crippen molar-refractivity contribution in [1.29, 1.82) is 0 Å². The lowest BCUT2D eigenvalue weighted by molar-refractivity contribution is 0.378. The van der Waals surface area contributed by atoms with Gasteiger partial charge in [-0.25, -0.2) is 0 Å². The first-order chi connectivity index (χ1) is 40.0. The summed E-state index contributed by atoms with van der Waals surface area (Å²) in [4.78, 5) is 10.1. The molecule has 0 fully saturated rings. The number of rotatable bonds is 12. The molecule has 14 rings (SSSR count). The van der Waals surface area contributed by atoms with Gasteiger partial charge in [-0.15, -0.1) is 0 Å². The summed E-state index contributed by atoms with van der Waals surface area (Å²) >= 11 is 0. The SMILES string of the molecule is CC1C=CC=CC1N(c1ccc2c(c1)C1(c3cc(N(c4ccccc4)c4ccccc4)ccc3Cc3ccc(N(c4ccccc4)c4ccccc4)cc31)c1cc(N(c3ccccc3)c3ccccc3)ccc1-2)C1(C)CC=CC=CC1. The van der Waals surface area contributed by atoms with Crippen LogP contribution >= 0.6 is 0 Å². The van der Waals surface area contributed by atoms with Gasteiger partial charge in [0, 0.05) is 62.4 Å². The van der Waals surface area contributed by atoms with Gasteiger partial charge in [-0.1, -0.05) is 189 Å². The molecule has 10 aromatic carbocycles. The lowest BCUT2D eigenvalue weighted by Crippen LogP contribution is -2.53. The Labute approximate surface area is 477 Å². The maximum Gasteiger partial charge on any atom is 0.0722 e. The molecule has 0 bridgehead atoms. The zero-order valence-corrected chi connectivity index (χ0v) is 45.9. The van der Waals surface area contributed by atoms with E-state index in [0.717, 1.165) is 70.4 Å². The molecule has 4 heteroatoms. The van der Waals surface area contributed by atoms with Crippen molar-refractivity contribution >= 4 is 56.9 Å². The third-order valence-corrected chi connectivity index (χ3v) is 17.4. The molecule has 392 valence electrons. The Morgan fingerprint density at radius 3 is 1.05 bits per heavy atom. The molecule has 0 saturated heterocycles. The minimum Gasteiger partial charge on any atom is -0.358 e. The summed E-state index contributed by atoms with van der Waals surface area (Å²) in [5.41, 5.74) is 20.4. The van der Waals surface area contributed by atoms with E-state index in [1.165, 1.54) is 50.2 Å². The normalized spacial score (nSPS) is 16.6. The van der Waals surface area contributed by atoms with E-state index < -0.39 is 5.41 Å². The number of hydrogen-bond acceptors (Lipinski definition) is 4. The number of fused-ring (bicyclic) bond motifs is 9. The number of benzene rings is 10. The van der Waals surface area contributed by atoms with Gasteiger partial charge >= 0.3 is 0 Å². The van der Waals surface area contributed by atoms with Crippen LogP contribution in [0.25, 0.3) is 11.1 Å². The zero-order valence-electron chi connectivity index (χ0n) is 45.9. The number of anilines is 10. The Morgan fingerprint density at radius 1 is 0.333 bits per heavy atom. The van der Waals surface area contributed by atoms with Crippen molar-refractivity contribution in [3.8, 4) is 11.1 Å². The highest BCUT2D eigenvalue weighted by atomic mass is 15.2. The maximum atomic E-state index is 2.78. The molecule has 4 nitrogen and oxygen atoms in total. The van der Waals surface area contributed by atoms with Crippen LogP contribution in [0.5, 0.6) is 0 Å². The van der Waals surface area contributed by atoms with Crippen LogP contribution < -0.4 is 19.6 Å². The van der Waals surface area contributed by atoms with Crippen molar-refractivity contribution in [1.82, 2.24) is 0 Å².